The van der Waals surface area contributed by atoms with Crippen LogP contribution in [0.2, 0.25) is 0 Å². The Kier molecular flexibility index (Phi) is 4.11. The van der Waals surface area contributed by atoms with Crippen LogP contribution in [-0.4, -0.2) is 29.1 Å². The van der Waals surface area contributed by atoms with Gasteiger partial charge in [0.2, 0.25) is 0 Å². The highest BCUT2D eigenvalue weighted by molar-refractivity contribution is 9.10. The smallest absolute Gasteiger partial charge is 0.341 e. The summed E-state index contributed by atoms with van der Waals surface area (Å²) in [6.07, 6.45) is 1.17. The Balaban J connectivity index is 2.90. The number of aliphatic carboxylic acids is 1. The Bertz CT molecular complexity index is 392. The maximum absolute atomic E-state index is 10.3. The molecule has 1 aromatic rings. The molecule has 0 spiro atoms. The lowest BCUT2D eigenvalue weighted by molar-refractivity contribution is -0.139. The Labute approximate surface area is 94.1 Å². The molecule has 1 rings (SSSR count). The molecule has 0 heterocycles. The van der Waals surface area contributed by atoms with Gasteiger partial charge in [0.05, 0.1) is 6.21 Å². The predicted molar refractivity (Wildman–Crippen MR) is 56.7 cm³/mol. The zero-order chi connectivity index (χ0) is 11.3. The lowest BCUT2D eigenvalue weighted by atomic mass is 10.2. The van der Waals surface area contributed by atoms with E-state index in [9.17, 15) is 4.79 Å². The van der Waals surface area contributed by atoms with Gasteiger partial charge in [-0.1, -0.05) is 21.1 Å². The van der Waals surface area contributed by atoms with E-state index in [2.05, 4.69) is 21.1 Å². The van der Waals surface area contributed by atoms with Crippen LogP contribution in [0.15, 0.2) is 27.8 Å². The normalized spacial score (nSPS) is 10.5. The highest BCUT2D eigenvalue weighted by Gasteiger charge is 2.05. The maximum atomic E-state index is 10.3. The van der Waals surface area contributed by atoms with Gasteiger partial charge >= 0.3 is 5.97 Å². The highest BCUT2D eigenvalue weighted by atomic mass is 79.9. The van der Waals surface area contributed by atoms with Gasteiger partial charge in [0.1, 0.15) is 5.75 Å². The molecule has 2 N–H and O–H groups in total. The van der Waals surface area contributed by atoms with Crippen molar-refractivity contribution >= 4 is 28.1 Å². The van der Waals surface area contributed by atoms with Crippen molar-refractivity contribution in [3.8, 4) is 5.75 Å². The first-order valence-electron chi connectivity index (χ1n) is 3.95. The number of carboxylic acids is 1. The van der Waals surface area contributed by atoms with E-state index in [4.69, 9.17) is 15.1 Å². The van der Waals surface area contributed by atoms with Crippen LogP contribution < -0.4 is 4.74 Å². The van der Waals surface area contributed by atoms with E-state index >= 15 is 0 Å². The summed E-state index contributed by atoms with van der Waals surface area (Å²) < 4.78 is 5.76. The van der Waals surface area contributed by atoms with E-state index in [1.165, 1.54) is 6.21 Å². The van der Waals surface area contributed by atoms with E-state index in [1.807, 2.05) is 0 Å². The third kappa shape index (κ3) is 3.59. The molecule has 0 radical (unpaired) electrons. The number of benzene rings is 1. The molecular formula is C9H8BrNO4. The minimum atomic E-state index is -1.06. The number of rotatable bonds is 4. The second-order valence-corrected chi connectivity index (χ2v) is 3.52. The van der Waals surface area contributed by atoms with Crippen molar-refractivity contribution in [2.45, 2.75) is 0 Å². The molecule has 0 aliphatic rings. The summed E-state index contributed by atoms with van der Waals surface area (Å²) in [6, 6.07) is 4.94. The van der Waals surface area contributed by atoms with Crippen molar-refractivity contribution in [1.29, 1.82) is 0 Å². The van der Waals surface area contributed by atoms with Crippen LogP contribution in [0.4, 0.5) is 0 Å². The minimum Gasteiger partial charge on any atom is -0.481 e. The number of carbonyl (C=O) groups is 1. The summed E-state index contributed by atoms with van der Waals surface area (Å²) in [5, 5.41) is 19.7. The van der Waals surface area contributed by atoms with E-state index in [-0.39, 0.29) is 0 Å². The maximum Gasteiger partial charge on any atom is 0.341 e. The number of nitrogens with zero attached hydrogens (tertiary/aromatic N) is 1. The molecule has 0 aliphatic carbocycles. The molecule has 0 saturated carbocycles. The first-order valence-corrected chi connectivity index (χ1v) is 4.74. The van der Waals surface area contributed by atoms with Crippen molar-refractivity contribution in [3.05, 3.63) is 28.2 Å². The Morgan fingerprint density at radius 1 is 1.60 bits per heavy atom. The molecule has 0 amide bonds. The average molecular weight is 274 g/mol. The molecule has 0 saturated heterocycles. The van der Waals surface area contributed by atoms with Crippen molar-refractivity contribution in [3.63, 3.8) is 0 Å². The summed E-state index contributed by atoms with van der Waals surface area (Å²) in [4.78, 5) is 10.3. The number of hydrogen-bond donors (Lipinski definition) is 2. The molecule has 0 unspecified atom stereocenters. The van der Waals surface area contributed by atoms with Gasteiger partial charge in [-0.3, -0.25) is 0 Å². The third-order valence-corrected chi connectivity index (χ3v) is 2.01. The van der Waals surface area contributed by atoms with Crippen LogP contribution >= 0.6 is 15.9 Å². The first kappa shape index (κ1) is 11.5. The van der Waals surface area contributed by atoms with Crippen LogP contribution in [-0.2, 0) is 4.79 Å². The molecule has 0 bridgehead atoms. The summed E-state index contributed by atoms with van der Waals surface area (Å²) in [5.41, 5.74) is 0.494. The fraction of sp³-hybridized carbons (Fsp3) is 0.111. The highest BCUT2D eigenvalue weighted by Crippen LogP contribution is 2.21. The lowest BCUT2D eigenvalue weighted by Gasteiger charge is -2.06. The fourth-order valence-corrected chi connectivity index (χ4v) is 1.33. The summed E-state index contributed by atoms with van der Waals surface area (Å²) in [7, 11) is 0. The number of oxime groups is 1. The van der Waals surface area contributed by atoms with Crippen LogP contribution in [0.3, 0.4) is 0 Å². The molecule has 15 heavy (non-hydrogen) atoms. The Morgan fingerprint density at radius 3 is 2.93 bits per heavy atom. The third-order valence-electron chi connectivity index (χ3n) is 1.52. The second-order valence-electron chi connectivity index (χ2n) is 2.61. The topological polar surface area (TPSA) is 79.1 Å². The van der Waals surface area contributed by atoms with Crippen molar-refractivity contribution in [2.24, 2.45) is 5.16 Å². The Hall–Kier alpha value is -1.56. The van der Waals surface area contributed by atoms with Crippen molar-refractivity contribution in [1.82, 2.24) is 0 Å². The number of halogens is 1. The van der Waals surface area contributed by atoms with Crippen molar-refractivity contribution in [2.75, 3.05) is 6.61 Å². The zero-order valence-electron chi connectivity index (χ0n) is 7.55. The molecule has 0 fully saturated rings. The molecule has 5 nitrogen and oxygen atoms in total. The SMILES string of the molecule is O=C(O)COc1ccc(Br)cc1/C=N/O. The molecule has 0 aliphatic heterocycles. The van der Waals surface area contributed by atoms with E-state index in [1.54, 1.807) is 18.2 Å². The van der Waals surface area contributed by atoms with Gasteiger partial charge in [0.15, 0.2) is 6.61 Å². The summed E-state index contributed by atoms with van der Waals surface area (Å²) in [5.74, 6) is -0.719. The van der Waals surface area contributed by atoms with Gasteiger partial charge in [-0.2, -0.15) is 0 Å². The predicted octanol–water partition coefficient (Wildman–Crippen LogP) is 1.72. The molecule has 0 aromatic heterocycles. The van der Waals surface area contributed by atoms with Crippen molar-refractivity contribution < 1.29 is 19.8 Å². The zero-order valence-corrected chi connectivity index (χ0v) is 9.14. The fourth-order valence-electron chi connectivity index (χ4n) is 0.953. The number of hydrogen-bond acceptors (Lipinski definition) is 4. The van der Waals surface area contributed by atoms with Crippen LogP contribution in [0.5, 0.6) is 5.75 Å². The van der Waals surface area contributed by atoms with Crippen LogP contribution in [0, 0.1) is 0 Å². The minimum absolute atomic E-state index is 0.346. The molecule has 80 valence electrons. The average Bonchev–Trinajstić information content (AvgIpc) is 2.17. The second kappa shape index (κ2) is 5.35. The quantitative estimate of drug-likeness (QED) is 0.497. The molecule has 1 aromatic carbocycles. The molecule has 0 atom stereocenters. The summed E-state index contributed by atoms with van der Waals surface area (Å²) >= 11 is 3.23. The monoisotopic (exact) mass is 273 g/mol. The number of carboxylic acid groups (broad SMARTS) is 1. The van der Waals surface area contributed by atoms with Gasteiger partial charge in [-0.25, -0.2) is 4.79 Å². The van der Waals surface area contributed by atoms with E-state index in [0.717, 1.165) is 4.47 Å². The van der Waals surface area contributed by atoms with Gasteiger partial charge in [0, 0.05) is 10.0 Å². The molecule has 6 heteroatoms. The van der Waals surface area contributed by atoms with Gasteiger partial charge in [-0.15, -0.1) is 0 Å². The lowest BCUT2D eigenvalue weighted by Crippen LogP contribution is -2.10. The summed E-state index contributed by atoms with van der Waals surface area (Å²) in [6.45, 7) is -0.437. The van der Waals surface area contributed by atoms with Gasteiger partial charge in [-0.05, 0) is 18.2 Å². The largest absolute Gasteiger partial charge is 0.481 e. The van der Waals surface area contributed by atoms with Gasteiger partial charge in [0.25, 0.3) is 0 Å². The van der Waals surface area contributed by atoms with E-state index in [0.29, 0.717) is 11.3 Å². The van der Waals surface area contributed by atoms with Crippen LogP contribution in [0.25, 0.3) is 0 Å². The Morgan fingerprint density at radius 2 is 2.33 bits per heavy atom. The van der Waals surface area contributed by atoms with E-state index < -0.39 is 12.6 Å². The van der Waals surface area contributed by atoms with Crippen LogP contribution in [0.1, 0.15) is 5.56 Å². The standard InChI is InChI=1S/C9H8BrNO4/c10-7-1-2-8(15-5-9(12)13)6(3-7)4-11-14/h1-4,14H,5H2,(H,12,13)/b11-4+. The molecular weight excluding hydrogens is 266 g/mol. The first-order chi connectivity index (χ1) is 7.13. The number of ether oxygens (including phenoxy) is 1. The van der Waals surface area contributed by atoms with Gasteiger partial charge < -0.3 is 15.1 Å².